The fraction of sp³-hybridized carbons (Fsp3) is 0.250. The lowest BCUT2D eigenvalue weighted by Crippen LogP contribution is -2.17. The number of anilines is 1. The van der Waals surface area contributed by atoms with E-state index in [-0.39, 0.29) is 23.5 Å². The zero-order valence-electron chi connectivity index (χ0n) is 13.2. The van der Waals surface area contributed by atoms with Crippen molar-refractivity contribution in [2.24, 2.45) is 0 Å². The first-order valence-corrected chi connectivity index (χ1v) is 7.99. The Morgan fingerprint density at radius 3 is 2.62 bits per heavy atom. The molecule has 0 saturated heterocycles. The fourth-order valence-electron chi connectivity index (χ4n) is 2.04. The van der Waals surface area contributed by atoms with E-state index in [1.165, 1.54) is 0 Å². The summed E-state index contributed by atoms with van der Waals surface area (Å²) in [4.78, 5) is 39.3. The third-order valence-corrected chi connectivity index (χ3v) is 4.19. The van der Waals surface area contributed by atoms with Crippen molar-refractivity contribution < 1.29 is 24.2 Å². The summed E-state index contributed by atoms with van der Waals surface area (Å²) in [6.45, 7) is 3.51. The number of carboxylic acids is 1. The predicted molar refractivity (Wildman–Crippen MR) is 88.5 cm³/mol. The van der Waals surface area contributed by atoms with E-state index in [0.29, 0.717) is 16.4 Å². The van der Waals surface area contributed by atoms with Crippen molar-refractivity contribution in [1.29, 1.82) is 0 Å². The van der Waals surface area contributed by atoms with Gasteiger partial charge in [-0.25, -0.2) is 14.6 Å². The number of carbonyl (C=O) groups is 3. The molecule has 2 rings (SSSR count). The molecule has 0 atom stereocenters. The SMILES string of the molecule is CCOC(=O)c1ccccc1NC(=O)Cc1nc(C)c(C(=O)O)s1. The largest absolute Gasteiger partial charge is 0.477 e. The van der Waals surface area contributed by atoms with Crippen molar-refractivity contribution in [3.63, 3.8) is 0 Å². The van der Waals surface area contributed by atoms with Crippen molar-refractivity contribution in [2.45, 2.75) is 20.3 Å². The number of carboxylic acid groups (broad SMARTS) is 1. The van der Waals surface area contributed by atoms with Crippen LogP contribution in [0, 0.1) is 6.92 Å². The van der Waals surface area contributed by atoms with E-state index in [4.69, 9.17) is 9.84 Å². The first kappa shape index (κ1) is 17.6. The molecule has 1 heterocycles. The Balaban J connectivity index is 2.12. The monoisotopic (exact) mass is 348 g/mol. The molecular formula is C16H16N2O5S. The minimum Gasteiger partial charge on any atom is -0.477 e. The number of hydrogen-bond donors (Lipinski definition) is 2. The Morgan fingerprint density at radius 1 is 1.29 bits per heavy atom. The fourth-order valence-corrected chi connectivity index (χ4v) is 2.94. The number of aromatic carboxylic acids is 1. The lowest BCUT2D eigenvalue weighted by atomic mass is 10.1. The van der Waals surface area contributed by atoms with Gasteiger partial charge in [0.1, 0.15) is 9.88 Å². The molecule has 0 saturated carbocycles. The van der Waals surface area contributed by atoms with Crippen LogP contribution in [0.2, 0.25) is 0 Å². The number of carbonyl (C=O) groups excluding carboxylic acids is 2. The summed E-state index contributed by atoms with van der Waals surface area (Å²) in [5.41, 5.74) is 0.976. The standard InChI is InChI=1S/C16H16N2O5S/c1-3-23-16(22)10-6-4-5-7-11(10)18-12(19)8-13-17-9(2)14(24-13)15(20)21/h4-7H,3,8H2,1-2H3,(H,18,19)(H,20,21). The maximum atomic E-state index is 12.2. The number of esters is 1. The number of hydrogen-bond acceptors (Lipinski definition) is 6. The van der Waals surface area contributed by atoms with E-state index in [0.717, 1.165) is 11.3 Å². The molecule has 8 heteroatoms. The van der Waals surface area contributed by atoms with Crippen molar-refractivity contribution in [2.75, 3.05) is 11.9 Å². The molecule has 1 aromatic carbocycles. The van der Waals surface area contributed by atoms with Gasteiger partial charge in [-0.1, -0.05) is 12.1 Å². The molecule has 0 aliphatic carbocycles. The van der Waals surface area contributed by atoms with Gasteiger partial charge in [0.25, 0.3) is 0 Å². The maximum absolute atomic E-state index is 12.2. The molecule has 1 aromatic heterocycles. The summed E-state index contributed by atoms with van der Waals surface area (Å²) in [6, 6.07) is 6.52. The third kappa shape index (κ3) is 4.17. The lowest BCUT2D eigenvalue weighted by molar-refractivity contribution is -0.115. The molecule has 0 radical (unpaired) electrons. The molecule has 0 bridgehead atoms. The van der Waals surface area contributed by atoms with E-state index in [2.05, 4.69) is 10.3 Å². The third-order valence-electron chi connectivity index (χ3n) is 3.04. The summed E-state index contributed by atoms with van der Waals surface area (Å²) in [6.07, 6.45) is -0.0735. The van der Waals surface area contributed by atoms with Gasteiger partial charge in [0.2, 0.25) is 5.91 Å². The molecule has 126 valence electrons. The number of thiazole rings is 1. The highest BCUT2D eigenvalue weighted by Gasteiger charge is 2.18. The zero-order chi connectivity index (χ0) is 17.7. The smallest absolute Gasteiger partial charge is 0.347 e. The number of amides is 1. The molecule has 7 nitrogen and oxygen atoms in total. The second-order valence-corrected chi connectivity index (χ2v) is 5.90. The van der Waals surface area contributed by atoms with E-state index < -0.39 is 17.8 Å². The van der Waals surface area contributed by atoms with Crippen LogP contribution in [0.3, 0.4) is 0 Å². The maximum Gasteiger partial charge on any atom is 0.347 e. The lowest BCUT2D eigenvalue weighted by Gasteiger charge is -2.09. The normalized spacial score (nSPS) is 10.2. The van der Waals surface area contributed by atoms with Crippen LogP contribution in [0.15, 0.2) is 24.3 Å². The van der Waals surface area contributed by atoms with Gasteiger partial charge in [-0.3, -0.25) is 4.79 Å². The number of ether oxygens (including phenoxy) is 1. The number of nitrogens with one attached hydrogen (secondary N) is 1. The predicted octanol–water partition coefficient (Wildman–Crippen LogP) is 2.51. The molecule has 24 heavy (non-hydrogen) atoms. The topological polar surface area (TPSA) is 106 Å². The quantitative estimate of drug-likeness (QED) is 0.777. The van der Waals surface area contributed by atoms with Gasteiger partial charge in [-0.15, -0.1) is 11.3 Å². The van der Waals surface area contributed by atoms with Gasteiger partial charge in [-0.2, -0.15) is 0 Å². The first-order chi connectivity index (χ1) is 11.4. The van der Waals surface area contributed by atoms with Gasteiger partial charge < -0.3 is 15.2 Å². The van der Waals surface area contributed by atoms with Crippen LogP contribution < -0.4 is 5.32 Å². The number of aryl methyl sites for hydroxylation is 1. The highest BCUT2D eigenvalue weighted by molar-refractivity contribution is 7.13. The van der Waals surface area contributed by atoms with Crippen molar-refractivity contribution >= 4 is 34.9 Å². The summed E-state index contributed by atoms with van der Waals surface area (Å²) in [5, 5.41) is 12.0. The van der Waals surface area contributed by atoms with Crippen molar-refractivity contribution in [3.8, 4) is 0 Å². The summed E-state index contributed by atoms with van der Waals surface area (Å²) in [7, 11) is 0. The van der Waals surface area contributed by atoms with E-state index in [1.807, 2.05) is 0 Å². The van der Waals surface area contributed by atoms with Gasteiger partial charge in [0.15, 0.2) is 0 Å². The average molecular weight is 348 g/mol. The second-order valence-electron chi connectivity index (χ2n) is 4.82. The highest BCUT2D eigenvalue weighted by Crippen LogP contribution is 2.20. The Morgan fingerprint density at radius 2 is 2.00 bits per heavy atom. The van der Waals surface area contributed by atoms with E-state index in [9.17, 15) is 14.4 Å². The molecule has 0 unspecified atom stereocenters. The molecule has 0 aliphatic heterocycles. The molecule has 2 aromatic rings. The molecular weight excluding hydrogens is 332 g/mol. The number of nitrogens with zero attached hydrogens (tertiary/aromatic N) is 1. The van der Waals surface area contributed by atoms with Crippen LogP contribution >= 0.6 is 11.3 Å². The minimum absolute atomic E-state index is 0.0735. The van der Waals surface area contributed by atoms with Gasteiger partial charge in [0.05, 0.1) is 30.0 Å². The van der Waals surface area contributed by atoms with Crippen LogP contribution in [0.5, 0.6) is 0 Å². The molecule has 2 N–H and O–H groups in total. The van der Waals surface area contributed by atoms with Crippen molar-refractivity contribution in [3.05, 3.63) is 45.4 Å². The van der Waals surface area contributed by atoms with Crippen molar-refractivity contribution in [1.82, 2.24) is 4.98 Å². The Labute approximate surface area is 142 Å². The molecule has 0 spiro atoms. The van der Waals surface area contributed by atoms with Crippen LogP contribution in [0.4, 0.5) is 5.69 Å². The zero-order valence-corrected chi connectivity index (χ0v) is 14.0. The average Bonchev–Trinajstić information content (AvgIpc) is 2.88. The van der Waals surface area contributed by atoms with E-state index >= 15 is 0 Å². The summed E-state index contributed by atoms with van der Waals surface area (Å²) < 4.78 is 4.95. The van der Waals surface area contributed by atoms with Gasteiger partial charge in [-0.05, 0) is 26.0 Å². The molecule has 0 aliphatic rings. The minimum atomic E-state index is -1.07. The molecule has 0 fully saturated rings. The van der Waals surface area contributed by atoms with Crippen LogP contribution in [0.1, 0.15) is 37.7 Å². The van der Waals surface area contributed by atoms with Gasteiger partial charge in [0, 0.05) is 0 Å². The molecule has 1 amide bonds. The summed E-state index contributed by atoms with van der Waals surface area (Å²) >= 11 is 0.962. The first-order valence-electron chi connectivity index (χ1n) is 7.18. The van der Waals surface area contributed by atoms with Crippen LogP contribution in [-0.4, -0.2) is 34.5 Å². The second kappa shape index (κ2) is 7.69. The number of para-hydroxylation sites is 1. The number of benzene rings is 1. The Kier molecular flexibility index (Phi) is 5.64. The summed E-state index contributed by atoms with van der Waals surface area (Å²) in [5.74, 6) is -1.98. The Bertz CT molecular complexity index is 785. The Hall–Kier alpha value is -2.74. The number of aromatic nitrogens is 1. The number of rotatable bonds is 6. The van der Waals surface area contributed by atoms with Gasteiger partial charge >= 0.3 is 11.9 Å². The van der Waals surface area contributed by atoms with Crippen LogP contribution in [-0.2, 0) is 16.0 Å². The highest BCUT2D eigenvalue weighted by atomic mass is 32.1. The van der Waals surface area contributed by atoms with E-state index in [1.54, 1.807) is 38.1 Å². The van der Waals surface area contributed by atoms with Crippen LogP contribution in [0.25, 0.3) is 0 Å².